The number of nitrogens with one attached hydrogen (secondary N) is 1. The molecule has 1 aliphatic rings. The number of hydrogen-bond acceptors (Lipinski definition) is 3. The summed E-state index contributed by atoms with van der Waals surface area (Å²) >= 11 is 2.14. The van der Waals surface area contributed by atoms with Gasteiger partial charge in [-0.15, -0.1) is 0 Å². The van der Waals surface area contributed by atoms with E-state index < -0.39 is 0 Å². The molecular formula is C12H19NOS. The van der Waals surface area contributed by atoms with Gasteiger partial charge >= 0.3 is 0 Å². The lowest BCUT2D eigenvalue weighted by atomic mass is 10.3. The van der Waals surface area contributed by atoms with Crippen LogP contribution in [0.1, 0.15) is 31.2 Å². The Hall–Kier alpha value is -0.410. The van der Waals surface area contributed by atoms with Gasteiger partial charge in [0.05, 0.1) is 12.5 Å². The predicted molar refractivity (Wildman–Crippen MR) is 65.1 cm³/mol. The molecule has 0 atom stereocenters. The normalized spacial score (nSPS) is 17.3. The Morgan fingerprint density at radius 2 is 2.27 bits per heavy atom. The summed E-state index contributed by atoms with van der Waals surface area (Å²) in [5, 5.41) is 4.38. The molecule has 0 spiro atoms. The molecule has 1 heterocycles. The fraction of sp³-hybridized carbons (Fsp3) is 0.667. The first-order chi connectivity index (χ1) is 7.45. The molecule has 2 nitrogen and oxygen atoms in total. The first-order valence-corrected chi connectivity index (χ1v) is 6.83. The standard InChI is InChI=1S/C12H19NOS/c1-2-4-12(3-1)15-8-6-13-9-11-5-7-14-10-11/h5,7,10,12-13H,1-4,6,8-9H2. The van der Waals surface area contributed by atoms with Crippen LogP contribution in [-0.2, 0) is 6.54 Å². The van der Waals surface area contributed by atoms with Gasteiger partial charge in [0.25, 0.3) is 0 Å². The number of hydrogen-bond donors (Lipinski definition) is 1. The van der Waals surface area contributed by atoms with Gasteiger partial charge in [-0.3, -0.25) is 0 Å². The number of rotatable bonds is 6. The summed E-state index contributed by atoms with van der Waals surface area (Å²) in [4.78, 5) is 0. The SMILES string of the molecule is c1cc(CNCCSC2CCCC2)co1. The first-order valence-electron chi connectivity index (χ1n) is 5.78. The van der Waals surface area contributed by atoms with Crippen LogP contribution in [0.4, 0.5) is 0 Å². The molecule has 0 bridgehead atoms. The van der Waals surface area contributed by atoms with Crippen LogP contribution in [0.3, 0.4) is 0 Å². The monoisotopic (exact) mass is 225 g/mol. The fourth-order valence-electron chi connectivity index (χ4n) is 1.98. The van der Waals surface area contributed by atoms with E-state index in [4.69, 9.17) is 4.42 Å². The topological polar surface area (TPSA) is 25.2 Å². The highest BCUT2D eigenvalue weighted by molar-refractivity contribution is 7.99. The molecular weight excluding hydrogens is 206 g/mol. The van der Waals surface area contributed by atoms with E-state index >= 15 is 0 Å². The van der Waals surface area contributed by atoms with Crippen LogP contribution in [0.2, 0.25) is 0 Å². The van der Waals surface area contributed by atoms with Crippen LogP contribution in [0.15, 0.2) is 23.0 Å². The molecule has 1 N–H and O–H groups in total. The molecule has 2 rings (SSSR count). The summed E-state index contributed by atoms with van der Waals surface area (Å²) in [5.41, 5.74) is 1.24. The first kappa shape index (κ1) is 11.1. The van der Waals surface area contributed by atoms with Crippen LogP contribution in [0.5, 0.6) is 0 Å². The quantitative estimate of drug-likeness (QED) is 0.753. The Balaban J connectivity index is 1.48. The lowest BCUT2D eigenvalue weighted by Gasteiger charge is -2.08. The zero-order chi connectivity index (χ0) is 10.3. The maximum absolute atomic E-state index is 5.01. The molecule has 1 aliphatic carbocycles. The maximum atomic E-state index is 5.01. The summed E-state index contributed by atoms with van der Waals surface area (Å²) in [5.74, 6) is 1.24. The summed E-state index contributed by atoms with van der Waals surface area (Å²) in [6.07, 6.45) is 9.29. The zero-order valence-corrected chi connectivity index (χ0v) is 9.89. The van der Waals surface area contributed by atoms with Gasteiger partial charge in [-0.2, -0.15) is 11.8 Å². The highest BCUT2D eigenvalue weighted by Gasteiger charge is 2.14. The zero-order valence-electron chi connectivity index (χ0n) is 9.08. The van der Waals surface area contributed by atoms with Gasteiger partial charge in [0.2, 0.25) is 0 Å². The number of furan rings is 1. The van der Waals surface area contributed by atoms with Crippen molar-refractivity contribution in [2.24, 2.45) is 0 Å². The molecule has 0 radical (unpaired) electrons. The Morgan fingerprint density at radius 3 is 3.00 bits per heavy atom. The van der Waals surface area contributed by atoms with E-state index in [1.807, 2.05) is 6.07 Å². The number of thioether (sulfide) groups is 1. The van der Waals surface area contributed by atoms with E-state index in [0.29, 0.717) is 0 Å². The van der Waals surface area contributed by atoms with Gasteiger partial charge < -0.3 is 9.73 Å². The average molecular weight is 225 g/mol. The highest BCUT2D eigenvalue weighted by Crippen LogP contribution is 2.28. The molecule has 1 saturated carbocycles. The largest absolute Gasteiger partial charge is 0.472 e. The summed E-state index contributed by atoms with van der Waals surface area (Å²) in [7, 11) is 0. The Bertz CT molecular complexity index is 255. The summed E-state index contributed by atoms with van der Waals surface area (Å²) < 4.78 is 5.01. The summed E-state index contributed by atoms with van der Waals surface area (Å²) in [6, 6.07) is 2.01. The van der Waals surface area contributed by atoms with Crippen molar-refractivity contribution in [2.75, 3.05) is 12.3 Å². The minimum absolute atomic E-state index is 0.932. The molecule has 0 saturated heterocycles. The van der Waals surface area contributed by atoms with Gasteiger partial charge in [-0.25, -0.2) is 0 Å². The third kappa shape index (κ3) is 3.92. The van der Waals surface area contributed by atoms with Crippen molar-refractivity contribution >= 4 is 11.8 Å². The molecule has 1 aromatic rings. The van der Waals surface area contributed by atoms with Crippen molar-refractivity contribution in [2.45, 2.75) is 37.5 Å². The highest BCUT2D eigenvalue weighted by atomic mass is 32.2. The minimum Gasteiger partial charge on any atom is -0.472 e. The third-order valence-electron chi connectivity index (χ3n) is 2.84. The van der Waals surface area contributed by atoms with E-state index in [-0.39, 0.29) is 0 Å². The molecule has 1 fully saturated rings. The Labute approximate surface area is 95.8 Å². The van der Waals surface area contributed by atoms with Crippen LogP contribution in [0.25, 0.3) is 0 Å². The second-order valence-corrected chi connectivity index (χ2v) is 5.49. The molecule has 15 heavy (non-hydrogen) atoms. The van der Waals surface area contributed by atoms with Crippen LogP contribution >= 0.6 is 11.8 Å². The molecule has 0 aliphatic heterocycles. The van der Waals surface area contributed by atoms with Crippen molar-refractivity contribution in [1.82, 2.24) is 5.32 Å². The van der Waals surface area contributed by atoms with Crippen molar-refractivity contribution in [3.63, 3.8) is 0 Å². The predicted octanol–water partition coefficient (Wildman–Crippen LogP) is 3.05. The Kier molecular flexibility index (Phi) is 4.61. The van der Waals surface area contributed by atoms with Crippen LogP contribution in [0, 0.1) is 0 Å². The van der Waals surface area contributed by atoms with E-state index in [2.05, 4.69) is 17.1 Å². The molecule has 3 heteroatoms. The molecule has 1 aromatic heterocycles. The molecule has 0 aromatic carbocycles. The second-order valence-electron chi connectivity index (χ2n) is 4.09. The average Bonchev–Trinajstić information content (AvgIpc) is 2.88. The molecule has 84 valence electrons. The van der Waals surface area contributed by atoms with E-state index in [0.717, 1.165) is 18.3 Å². The smallest absolute Gasteiger partial charge is 0.0947 e. The van der Waals surface area contributed by atoms with Gasteiger partial charge in [0, 0.05) is 29.7 Å². The van der Waals surface area contributed by atoms with Gasteiger partial charge in [-0.1, -0.05) is 12.8 Å². The van der Waals surface area contributed by atoms with Crippen LogP contribution < -0.4 is 5.32 Å². The van der Waals surface area contributed by atoms with Gasteiger partial charge in [-0.05, 0) is 18.9 Å². The van der Waals surface area contributed by atoms with Crippen molar-refractivity contribution < 1.29 is 4.42 Å². The van der Waals surface area contributed by atoms with Gasteiger partial charge in [0.1, 0.15) is 0 Å². The lowest BCUT2D eigenvalue weighted by molar-refractivity contribution is 0.561. The fourth-order valence-corrected chi connectivity index (χ4v) is 3.24. The van der Waals surface area contributed by atoms with Crippen molar-refractivity contribution in [3.05, 3.63) is 24.2 Å². The summed E-state index contributed by atoms with van der Waals surface area (Å²) in [6.45, 7) is 2.04. The minimum atomic E-state index is 0.932. The molecule has 0 amide bonds. The molecule has 0 unspecified atom stereocenters. The van der Waals surface area contributed by atoms with Crippen molar-refractivity contribution in [1.29, 1.82) is 0 Å². The second kappa shape index (κ2) is 6.23. The Morgan fingerprint density at radius 1 is 1.40 bits per heavy atom. The third-order valence-corrected chi connectivity index (χ3v) is 4.23. The van der Waals surface area contributed by atoms with E-state index in [1.165, 1.54) is 37.0 Å². The van der Waals surface area contributed by atoms with Crippen molar-refractivity contribution in [3.8, 4) is 0 Å². The van der Waals surface area contributed by atoms with Gasteiger partial charge in [0.15, 0.2) is 0 Å². The van der Waals surface area contributed by atoms with E-state index in [1.54, 1.807) is 12.5 Å². The van der Waals surface area contributed by atoms with Crippen LogP contribution in [-0.4, -0.2) is 17.5 Å². The maximum Gasteiger partial charge on any atom is 0.0947 e. The van der Waals surface area contributed by atoms with E-state index in [9.17, 15) is 0 Å². The lowest BCUT2D eigenvalue weighted by Crippen LogP contribution is -2.17.